The molecule has 3 aliphatic rings. The van der Waals surface area contributed by atoms with E-state index < -0.39 is 52.3 Å². The Labute approximate surface area is 300 Å². The predicted octanol–water partition coefficient (Wildman–Crippen LogP) is 4.93. The lowest BCUT2D eigenvalue weighted by atomic mass is 9.53. The van der Waals surface area contributed by atoms with Crippen molar-refractivity contribution in [1.82, 2.24) is 18.9 Å². The molecule has 0 bridgehead atoms. The fourth-order valence-electron chi connectivity index (χ4n) is 8.24. The van der Waals surface area contributed by atoms with Crippen LogP contribution in [0.3, 0.4) is 0 Å². The molecule has 8 rings (SSSR count). The lowest BCUT2D eigenvalue weighted by Gasteiger charge is -2.49. The zero-order valence-corrected chi connectivity index (χ0v) is 28.6. The summed E-state index contributed by atoms with van der Waals surface area (Å²) in [6.07, 6.45) is 1.75. The maximum absolute atomic E-state index is 15.4. The van der Waals surface area contributed by atoms with Crippen molar-refractivity contribution in [3.63, 3.8) is 0 Å². The molecule has 2 N–H and O–H groups in total. The highest BCUT2D eigenvalue weighted by atomic mass is 35.5. The number of hydrogen-bond acceptors (Lipinski definition) is 8. The van der Waals surface area contributed by atoms with Gasteiger partial charge in [-0.25, -0.2) is 27.9 Å². The van der Waals surface area contributed by atoms with Gasteiger partial charge in [0.05, 0.1) is 49.5 Å². The summed E-state index contributed by atoms with van der Waals surface area (Å²) < 4.78 is 29.4. The van der Waals surface area contributed by atoms with Gasteiger partial charge in [-0.2, -0.15) is 5.01 Å². The fourth-order valence-corrected chi connectivity index (χ4v) is 8.36. The largest absolute Gasteiger partial charge is 0.508 e. The Morgan fingerprint density at radius 3 is 2.17 bits per heavy atom. The molecule has 0 spiro atoms. The van der Waals surface area contributed by atoms with Crippen LogP contribution >= 0.6 is 11.6 Å². The number of ether oxygens (including phenoxy) is 2. The van der Waals surface area contributed by atoms with Crippen molar-refractivity contribution < 1.29 is 28.6 Å². The van der Waals surface area contributed by atoms with Crippen LogP contribution in [0.5, 0.6) is 17.2 Å². The highest BCUT2D eigenvalue weighted by Gasteiger charge is 2.69. The van der Waals surface area contributed by atoms with Crippen molar-refractivity contribution in [1.29, 1.82) is 0 Å². The van der Waals surface area contributed by atoms with Gasteiger partial charge in [0.1, 0.15) is 23.1 Å². The minimum absolute atomic E-state index is 0.0278. The molecule has 264 valence electrons. The Kier molecular flexibility index (Phi) is 7.83. The molecule has 1 aliphatic carbocycles. The van der Waals surface area contributed by atoms with Crippen molar-refractivity contribution in [3.8, 4) is 22.9 Å². The Hall–Kier alpha value is -6.08. The van der Waals surface area contributed by atoms with Gasteiger partial charge in [0, 0.05) is 28.6 Å². The number of amides is 2. The first-order chi connectivity index (χ1) is 25.1. The van der Waals surface area contributed by atoms with Crippen LogP contribution in [0.1, 0.15) is 29.5 Å². The summed E-state index contributed by atoms with van der Waals surface area (Å²) in [6, 6.07) is 22.3. The number of hydrogen-bond donors (Lipinski definition) is 2. The molecule has 52 heavy (non-hydrogen) atoms. The molecule has 1 saturated heterocycles. The first kappa shape index (κ1) is 33.1. The molecule has 12 nitrogen and oxygen atoms in total. The van der Waals surface area contributed by atoms with Gasteiger partial charge < -0.3 is 14.6 Å². The number of fused-ring (bicyclic) bond motifs is 4. The van der Waals surface area contributed by atoms with Crippen LogP contribution in [0.2, 0.25) is 5.02 Å². The standard InChI is InChI=1S/C38H31ClFN5O7/c1-51-30-18-26(46)19-31(52-2)32(30)33-27-16-17-42-36(49)43(25-6-4-3-5-7-25)37(50)45(42)29(27)20-28-34(47)44(41-24-14-12-23(40)13-15-24)35(48)38(28,33)21-8-10-22(39)11-9-21/h3-16,18-19,28-29,33,41,46H,17,20H2,1-2H3. The molecule has 0 radical (unpaired) electrons. The van der Waals surface area contributed by atoms with E-state index in [0.29, 0.717) is 27.4 Å². The quantitative estimate of drug-likeness (QED) is 0.178. The molecular formula is C38H31ClFN5O7. The Balaban J connectivity index is 1.43. The molecule has 1 saturated carbocycles. The third-order valence-electron chi connectivity index (χ3n) is 10.4. The number of aromatic hydroxyl groups is 1. The van der Waals surface area contributed by atoms with Crippen molar-refractivity contribution in [3.05, 3.63) is 146 Å². The average Bonchev–Trinajstić information content (AvgIpc) is 3.53. The minimum Gasteiger partial charge on any atom is -0.508 e. The zero-order valence-electron chi connectivity index (χ0n) is 27.8. The van der Waals surface area contributed by atoms with Gasteiger partial charge in [0.25, 0.3) is 11.8 Å². The highest BCUT2D eigenvalue weighted by Crippen LogP contribution is 2.64. The molecule has 2 fully saturated rings. The number of para-hydroxylation sites is 1. The van der Waals surface area contributed by atoms with Crippen LogP contribution in [-0.2, 0) is 21.5 Å². The molecule has 2 amide bonds. The number of anilines is 1. The van der Waals surface area contributed by atoms with E-state index in [0.717, 1.165) is 9.58 Å². The summed E-state index contributed by atoms with van der Waals surface area (Å²) in [6.45, 7) is -0.0278. The number of allylic oxidation sites excluding steroid dienone is 2. The summed E-state index contributed by atoms with van der Waals surface area (Å²) in [5.74, 6) is -3.78. The van der Waals surface area contributed by atoms with Gasteiger partial charge in [-0.1, -0.05) is 48.0 Å². The molecule has 1 aromatic heterocycles. The van der Waals surface area contributed by atoms with Crippen LogP contribution in [0.15, 0.2) is 112 Å². The Morgan fingerprint density at radius 1 is 0.885 bits per heavy atom. The van der Waals surface area contributed by atoms with Crippen molar-refractivity contribution in [2.45, 2.75) is 30.3 Å². The van der Waals surface area contributed by atoms with Gasteiger partial charge in [-0.15, -0.1) is 0 Å². The van der Waals surface area contributed by atoms with Crippen LogP contribution in [0, 0.1) is 11.7 Å². The minimum atomic E-state index is -1.71. The molecule has 3 heterocycles. The fraction of sp³-hybridized carbons (Fsp3) is 0.211. The summed E-state index contributed by atoms with van der Waals surface area (Å²) in [4.78, 5) is 58.4. The van der Waals surface area contributed by atoms with Crippen LogP contribution in [0.4, 0.5) is 10.1 Å². The third kappa shape index (κ3) is 4.72. The molecule has 2 aliphatic heterocycles. The first-order valence-corrected chi connectivity index (χ1v) is 16.8. The second-order valence-corrected chi connectivity index (χ2v) is 13.3. The number of phenols is 1. The summed E-state index contributed by atoms with van der Waals surface area (Å²) in [5, 5.41) is 12.0. The molecule has 4 aromatic carbocycles. The lowest BCUT2D eigenvalue weighted by Crippen LogP contribution is -2.53. The number of nitrogens with one attached hydrogen (secondary N) is 1. The van der Waals surface area contributed by atoms with Crippen LogP contribution < -0.4 is 26.3 Å². The summed E-state index contributed by atoms with van der Waals surface area (Å²) >= 11 is 6.37. The molecule has 5 aromatic rings. The van der Waals surface area contributed by atoms with Crippen LogP contribution in [-0.4, -0.2) is 50.1 Å². The number of phenolic OH excluding ortho intramolecular Hbond substituents is 1. The second kappa shape index (κ2) is 12.3. The van der Waals surface area contributed by atoms with Gasteiger partial charge in [0.2, 0.25) is 0 Å². The van der Waals surface area contributed by atoms with Crippen molar-refractivity contribution in [2.24, 2.45) is 5.92 Å². The number of methoxy groups -OCH3 is 2. The molecule has 4 atom stereocenters. The number of rotatable bonds is 7. The van der Waals surface area contributed by atoms with Gasteiger partial charge in [-0.3, -0.25) is 15.0 Å². The highest BCUT2D eigenvalue weighted by molar-refractivity contribution is 6.30. The van der Waals surface area contributed by atoms with E-state index in [2.05, 4.69) is 5.43 Å². The number of benzene rings is 4. The topological polar surface area (TPSA) is 137 Å². The van der Waals surface area contributed by atoms with Gasteiger partial charge in [0.15, 0.2) is 0 Å². The maximum atomic E-state index is 15.4. The van der Waals surface area contributed by atoms with E-state index in [1.165, 1.54) is 60.0 Å². The SMILES string of the molecule is COc1cc(O)cc(OC)c1C1C2=CCn3c(=O)n(-c4ccccc4)c(=O)n3C2CC2C(=O)N(Nc3ccc(F)cc3)C(=O)C21c1ccc(Cl)cc1. The van der Waals surface area contributed by atoms with E-state index in [9.17, 15) is 23.9 Å². The number of nitrogens with zero attached hydrogens (tertiary/aromatic N) is 4. The Bertz CT molecular complexity index is 2380. The summed E-state index contributed by atoms with van der Waals surface area (Å²) in [7, 11) is 2.82. The normalized spacial score (nSPS) is 22.0. The number of halogens is 2. The second-order valence-electron chi connectivity index (χ2n) is 12.8. The van der Waals surface area contributed by atoms with Crippen molar-refractivity contribution >= 4 is 29.1 Å². The Morgan fingerprint density at radius 2 is 1.54 bits per heavy atom. The lowest BCUT2D eigenvalue weighted by molar-refractivity contribution is -0.138. The number of aromatic nitrogens is 3. The molecule has 4 unspecified atom stereocenters. The van der Waals surface area contributed by atoms with E-state index in [4.69, 9.17) is 21.1 Å². The average molecular weight is 724 g/mol. The number of carbonyl (C=O) groups excluding carboxylic acids is 2. The van der Waals surface area contributed by atoms with Crippen LogP contribution in [0.25, 0.3) is 5.69 Å². The van der Waals surface area contributed by atoms with Gasteiger partial charge >= 0.3 is 11.4 Å². The number of hydrazine groups is 1. The van der Waals surface area contributed by atoms with Gasteiger partial charge in [-0.05, 0) is 66.1 Å². The van der Waals surface area contributed by atoms with E-state index in [-0.39, 0.29) is 35.9 Å². The monoisotopic (exact) mass is 723 g/mol. The number of imide groups is 1. The van der Waals surface area contributed by atoms with E-state index in [1.54, 1.807) is 60.7 Å². The number of carbonyl (C=O) groups is 2. The third-order valence-corrected chi connectivity index (χ3v) is 10.6. The first-order valence-electron chi connectivity index (χ1n) is 16.4. The maximum Gasteiger partial charge on any atom is 0.352 e. The molecular weight excluding hydrogens is 693 g/mol. The summed E-state index contributed by atoms with van der Waals surface area (Å²) in [5.41, 5.74) is 2.03. The smallest absolute Gasteiger partial charge is 0.352 e. The predicted molar refractivity (Wildman–Crippen MR) is 188 cm³/mol. The van der Waals surface area contributed by atoms with Crippen molar-refractivity contribution in [2.75, 3.05) is 19.6 Å². The van der Waals surface area contributed by atoms with E-state index in [1.807, 2.05) is 0 Å². The molecule has 14 heteroatoms. The zero-order chi connectivity index (χ0) is 36.5. The van der Waals surface area contributed by atoms with E-state index >= 15 is 4.79 Å².